The normalized spacial score (nSPS) is 11.0. The highest BCUT2D eigenvalue weighted by molar-refractivity contribution is 6.10. The molecule has 2 aromatic rings. The zero-order valence-corrected chi connectivity index (χ0v) is 11.9. The zero-order valence-electron chi connectivity index (χ0n) is 11.9. The number of hydrazone groups is 1. The molecule has 0 heterocycles. The smallest absolute Gasteiger partial charge is 0.336 e. The average Bonchev–Trinajstić information content (AvgIpc) is 2.54. The number of nitrogens with one attached hydrogen (secondary N) is 1. The largest absolute Gasteiger partial charge is 0.478 e. The second-order valence-electron chi connectivity index (χ2n) is 4.60. The van der Waals surface area contributed by atoms with Gasteiger partial charge in [-0.25, -0.2) is 4.79 Å². The minimum atomic E-state index is -1.14. The number of nitrogens with zero attached hydrogens (tertiary/aromatic N) is 1. The van der Waals surface area contributed by atoms with E-state index in [0.29, 0.717) is 11.4 Å². The van der Waals surface area contributed by atoms with Crippen LogP contribution in [0.5, 0.6) is 0 Å². The standard InChI is InChI=1S/C16H15N3O3/c1-10(19-17)11-6-8-12(9-7-11)18-15(20)13-4-2-3-5-14(13)16(21)22/h2-9H,17H2,1H3,(H,18,20)(H,21,22)/b19-10+. The topological polar surface area (TPSA) is 105 Å². The first-order valence-electron chi connectivity index (χ1n) is 6.51. The Morgan fingerprint density at radius 3 is 2.18 bits per heavy atom. The predicted molar refractivity (Wildman–Crippen MR) is 84.2 cm³/mol. The van der Waals surface area contributed by atoms with Gasteiger partial charge < -0.3 is 16.3 Å². The van der Waals surface area contributed by atoms with Crippen molar-refractivity contribution in [3.8, 4) is 0 Å². The maximum Gasteiger partial charge on any atom is 0.336 e. The molecular formula is C16H15N3O3. The van der Waals surface area contributed by atoms with Crippen LogP contribution in [-0.4, -0.2) is 22.7 Å². The predicted octanol–water partition coefficient (Wildman–Crippen LogP) is 2.32. The van der Waals surface area contributed by atoms with Crippen molar-refractivity contribution in [1.82, 2.24) is 0 Å². The van der Waals surface area contributed by atoms with E-state index in [0.717, 1.165) is 5.56 Å². The Balaban J connectivity index is 2.21. The summed E-state index contributed by atoms with van der Waals surface area (Å²) in [4.78, 5) is 23.3. The van der Waals surface area contributed by atoms with Crippen LogP contribution in [0.3, 0.4) is 0 Å². The van der Waals surface area contributed by atoms with E-state index in [-0.39, 0.29) is 11.1 Å². The summed E-state index contributed by atoms with van der Waals surface area (Å²) in [5.74, 6) is 3.59. The van der Waals surface area contributed by atoms with E-state index in [1.54, 1.807) is 43.3 Å². The van der Waals surface area contributed by atoms with E-state index in [2.05, 4.69) is 10.4 Å². The number of rotatable bonds is 4. The second-order valence-corrected chi connectivity index (χ2v) is 4.60. The molecule has 0 saturated carbocycles. The molecular weight excluding hydrogens is 282 g/mol. The molecule has 0 aromatic heterocycles. The SMILES string of the molecule is C/C(=N\N)c1ccc(NC(=O)c2ccccc2C(=O)O)cc1. The molecule has 0 aliphatic rings. The Kier molecular flexibility index (Phi) is 4.53. The van der Waals surface area contributed by atoms with Gasteiger partial charge in [0, 0.05) is 5.69 Å². The number of carbonyl (C=O) groups excluding carboxylic acids is 1. The molecule has 2 aromatic carbocycles. The van der Waals surface area contributed by atoms with Crippen LogP contribution in [0.2, 0.25) is 0 Å². The first-order chi connectivity index (χ1) is 10.5. The van der Waals surface area contributed by atoms with Gasteiger partial charge >= 0.3 is 5.97 Å². The van der Waals surface area contributed by atoms with Crippen LogP contribution in [0.15, 0.2) is 53.6 Å². The molecule has 0 unspecified atom stereocenters. The number of anilines is 1. The molecule has 0 saturated heterocycles. The number of hydrogen-bond donors (Lipinski definition) is 3. The van der Waals surface area contributed by atoms with Crippen molar-refractivity contribution < 1.29 is 14.7 Å². The number of aromatic carboxylic acids is 1. The number of amides is 1. The summed E-state index contributed by atoms with van der Waals surface area (Å²) in [6.45, 7) is 1.77. The Labute approximate surface area is 127 Å². The Morgan fingerprint density at radius 1 is 1.05 bits per heavy atom. The van der Waals surface area contributed by atoms with Crippen molar-refractivity contribution in [2.75, 3.05) is 5.32 Å². The minimum Gasteiger partial charge on any atom is -0.478 e. The van der Waals surface area contributed by atoms with Crippen molar-refractivity contribution >= 4 is 23.3 Å². The third-order valence-corrected chi connectivity index (χ3v) is 3.16. The highest BCUT2D eigenvalue weighted by atomic mass is 16.4. The average molecular weight is 297 g/mol. The lowest BCUT2D eigenvalue weighted by atomic mass is 10.1. The van der Waals surface area contributed by atoms with Crippen LogP contribution in [0.4, 0.5) is 5.69 Å². The van der Waals surface area contributed by atoms with Gasteiger partial charge in [0.05, 0.1) is 16.8 Å². The van der Waals surface area contributed by atoms with Crippen LogP contribution in [0.25, 0.3) is 0 Å². The fourth-order valence-corrected chi connectivity index (χ4v) is 1.94. The summed E-state index contributed by atoms with van der Waals surface area (Å²) in [6, 6.07) is 13.0. The lowest BCUT2D eigenvalue weighted by molar-refractivity contribution is 0.0692. The van der Waals surface area contributed by atoms with Gasteiger partial charge in [-0.15, -0.1) is 0 Å². The second kappa shape index (κ2) is 6.53. The zero-order chi connectivity index (χ0) is 16.1. The van der Waals surface area contributed by atoms with Crippen molar-refractivity contribution in [1.29, 1.82) is 0 Å². The number of hydrogen-bond acceptors (Lipinski definition) is 4. The number of nitrogens with two attached hydrogens (primary N) is 1. The molecule has 6 heteroatoms. The number of carboxylic acid groups (broad SMARTS) is 1. The van der Waals surface area contributed by atoms with Crippen molar-refractivity contribution in [3.63, 3.8) is 0 Å². The summed E-state index contributed by atoms with van der Waals surface area (Å²) in [5.41, 5.74) is 2.14. The minimum absolute atomic E-state index is 0.0391. The summed E-state index contributed by atoms with van der Waals surface area (Å²) < 4.78 is 0. The van der Waals surface area contributed by atoms with E-state index in [1.807, 2.05) is 0 Å². The van der Waals surface area contributed by atoms with Gasteiger partial charge in [0.25, 0.3) is 5.91 Å². The van der Waals surface area contributed by atoms with E-state index >= 15 is 0 Å². The van der Waals surface area contributed by atoms with Crippen LogP contribution in [-0.2, 0) is 0 Å². The molecule has 0 aliphatic heterocycles. The lowest BCUT2D eigenvalue weighted by Crippen LogP contribution is -2.16. The van der Waals surface area contributed by atoms with Crippen molar-refractivity contribution in [2.24, 2.45) is 10.9 Å². The van der Waals surface area contributed by atoms with E-state index < -0.39 is 11.9 Å². The Hall–Kier alpha value is -3.15. The molecule has 0 aliphatic carbocycles. The first-order valence-corrected chi connectivity index (χ1v) is 6.51. The molecule has 0 radical (unpaired) electrons. The molecule has 0 atom stereocenters. The van der Waals surface area contributed by atoms with Crippen LogP contribution in [0.1, 0.15) is 33.2 Å². The monoisotopic (exact) mass is 297 g/mol. The van der Waals surface area contributed by atoms with Gasteiger partial charge in [-0.2, -0.15) is 5.10 Å². The molecule has 2 rings (SSSR count). The maximum atomic E-state index is 12.2. The van der Waals surface area contributed by atoms with E-state index in [4.69, 9.17) is 10.9 Å². The number of carbonyl (C=O) groups is 2. The quantitative estimate of drug-likeness (QED) is 0.457. The van der Waals surface area contributed by atoms with Gasteiger partial charge in [0.15, 0.2) is 0 Å². The molecule has 112 valence electrons. The summed E-state index contributed by atoms with van der Waals surface area (Å²) in [6.07, 6.45) is 0. The highest BCUT2D eigenvalue weighted by Crippen LogP contribution is 2.14. The molecule has 0 bridgehead atoms. The van der Waals surface area contributed by atoms with E-state index in [1.165, 1.54) is 12.1 Å². The third kappa shape index (κ3) is 3.29. The van der Waals surface area contributed by atoms with Crippen molar-refractivity contribution in [2.45, 2.75) is 6.92 Å². The summed E-state index contributed by atoms with van der Waals surface area (Å²) in [7, 11) is 0. The van der Waals surface area contributed by atoms with Gasteiger partial charge in [0.2, 0.25) is 0 Å². The van der Waals surface area contributed by atoms with Gasteiger partial charge in [0.1, 0.15) is 0 Å². The Bertz CT molecular complexity index is 737. The van der Waals surface area contributed by atoms with E-state index in [9.17, 15) is 9.59 Å². The summed E-state index contributed by atoms with van der Waals surface area (Å²) >= 11 is 0. The summed E-state index contributed by atoms with van der Waals surface area (Å²) in [5, 5.41) is 15.4. The molecule has 22 heavy (non-hydrogen) atoms. The van der Waals surface area contributed by atoms with Crippen LogP contribution < -0.4 is 11.2 Å². The molecule has 1 amide bonds. The van der Waals surface area contributed by atoms with Crippen LogP contribution in [0, 0.1) is 0 Å². The molecule has 0 spiro atoms. The molecule has 0 fully saturated rings. The lowest BCUT2D eigenvalue weighted by Gasteiger charge is -2.08. The maximum absolute atomic E-state index is 12.2. The highest BCUT2D eigenvalue weighted by Gasteiger charge is 2.15. The van der Waals surface area contributed by atoms with Gasteiger partial charge in [-0.3, -0.25) is 4.79 Å². The third-order valence-electron chi connectivity index (χ3n) is 3.16. The Morgan fingerprint density at radius 2 is 1.64 bits per heavy atom. The van der Waals surface area contributed by atoms with Crippen molar-refractivity contribution in [3.05, 3.63) is 65.2 Å². The van der Waals surface area contributed by atoms with Crippen LogP contribution >= 0.6 is 0 Å². The molecule has 4 N–H and O–H groups in total. The molecule has 6 nitrogen and oxygen atoms in total. The number of carboxylic acids is 1. The fraction of sp³-hybridized carbons (Fsp3) is 0.0625. The number of benzene rings is 2. The fourth-order valence-electron chi connectivity index (χ4n) is 1.94. The first kappa shape index (κ1) is 15.2. The van der Waals surface area contributed by atoms with Gasteiger partial charge in [-0.05, 0) is 36.8 Å². The van der Waals surface area contributed by atoms with Gasteiger partial charge in [-0.1, -0.05) is 24.3 Å².